The predicted molar refractivity (Wildman–Crippen MR) is 76.3 cm³/mol. The Morgan fingerprint density at radius 1 is 1.53 bits per heavy atom. The van der Waals surface area contributed by atoms with Crippen molar-refractivity contribution in [1.82, 2.24) is 4.90 Å². The van der Waals surface area contributed by atoms with Gasteiger partial charge in [-0.3, -0.25) is 4.79 Å². The van der Waals surface area contributed by atoms with E-state index in [0.29, 0.717) is 4.88 Å². The smallest absolute Gasteiger partial charge is 0.253 e. The van der Waals surface area contributed by atoms with Crippen LogP contribution in [0.15, 0.2) is 0 Å². The number of rotatable bonds is 2. The highest BCUT2D eigenvalue weighted by Gasteiger charge is 2.29. The first kappa shape index (κ1) is 13.6. The van der Waals surface area contributed by atoms with Gasteiger partial charge in [-0.05, 0) is 14.0 Å². The number of nitrogens with zero attached hydrogens (tertiary/aromatic N) is 3. The molecule has 1 fully saturated rings. The van der Waals surface area contributed by atoms with Crippen molar-refractivity contribution in [3.8, 4) is 6.07 Å². The molecule has 19 heavy (non-hydrogen) atoms. The van der Waals surface area contributed by atoms with Crippen LogP contribution >= 0.6 is 11.3 Å². The highest BCUT2D eigenvalue weighted by molar-refractivity contribution is 7.17. The maximum absolute atomic E-state index is 11.6. The zero-order chi connectivity index (χ0) is 14.2. The van der Waals surface area contributed by atoms with Crippen LogP contribution in [0.1, 0.15) is 22.2 Å². The van der Waals surface area contributed by atoms with E-state index in [1.165, 1.54) is 11.3 Å². The molecule has 1 atom stereocenters. The second kappa shape index (κ2) is 5.07. The highest BCUT2D eigenvalue weighted by atomic mass is 32.1. The average molecular weight is 279 g/mol. The summed E-state index contributed by atoms with van der Waals surface area (Å²) in [6.45, 7) is 4.69. The van der Waals surface area contributed by atoms with E-state index in [1.807, 2.05) is 6.07 Å². The van der Waals surface area contributed by atoms with Gasteiger partial charge in [-0.2, -0.15) is 5.26 Å². The largest absolute Gasteiger partial charge is 0.396 e. The molecule has 0 saturated carbocycles. The van der Waals surface area contributed by atoms with Gasteiger partial charge in [0.15, 0.2) is 0 Å². The number of piperazine rings is 1. The van der Waals surface area contributed by atoms with Crippen LogP contribution < -0.4 is 16.4 Å². The zero-order valence-corrected chi connectivity index (χ0v) is 11.8. The minimum absolute atomic E-state index is 0.209. The van der Waals surface area contributed by atoms with Gasteiger partial charge in [-0.15, -0.1) is 11.3 Å². The Balaban J connectivity index is 2.45. The SMILES string of the molecule is CC1CN(C)CCN1c1sc(C#N)c(N)c1C(N)=O. The molecule has 1 aromatic rings. The van der Waals surface area contributed by atoms with E-state index in [2.05, 4.69) is 23.8 Å². The Kier molecular flexibility index (Phi) is 3.64. The van der Waals surface area contributed by atoms with Crippen molar-refractivity contribution in [2.45, 2.75) is 13.0 Å². The molecular formula is C12H17N5OS. The number of anilines is 2. The molecular weight excluding hydrogens is 262 g/mol. The summed E-state index contributed by atoms with van der Waals surface area (Å²) < 4.78 is 0. The molecule has 4 N–H and O–H groups in total. The lowest BCUT2D eigenvalue weighted by Crippen LogP contribution is -2.50. The van der Waals surface area contributed by atoms with Gasteiger partial charge in [0.2, 0.25) is 0 Å². The lowest BCUT2D eigenvalue weighted by atomic mass is 10.1. The topological polar surface area (TPSA) is 99.4 Å². The van der Waals surface area contributed by atoms with E-state index in [1.54, 1.807) is 0 Å². The minimum Gasteiger partial charge on any atom is -0.396 e. The fourth-order valence-corrected chi connectivity index (χ4v) is 3.55. The molecule has 0 radical (unpaired) electrons. The van der Waals surface area contributed by atoms with E-state index in [4.69, 9.17) is 16.7 Å². The first-order valence-corrected chi connectivity index (χ1v) is 6.84. The molecule has 0 spiro atoms. The lowest BCUT2D eigenvalue weighted by Gasteiger charge is -2.39. The first-order chi connectivity index (χ1) is 8.95. The molecule has 2 rings (SSSR count). The number of nitrogen functional groups attached to an aromatic ring is 1. The highest BCUT2D eigenvalue weighted by Crippen LogP contribution is 2.39. The van der Waals surface area contributed by atoms with Gasteiger partial charge in [-0.25, -0.2) is 0 Å². The molecule has 0 aliphatic carbocycles. The van der Waals surface area contributed by atoms with E-state index in [9.17, 15) is 4.79 Å². The Hall–Kier alpha value is -1.78. The molecule has 2 heterocycles. The van der Waals surface area contributed by atoms with Gasteiger partial charge in [0.25, 0.3) is 5.91 Å². The number of carbonyl (C=O) groups is 1. The Morgan fingerprint density at radius 2 is 2.21 bits per heavy atom. The third kappa shape index (κ3) is 2.37. The van der Waals surface area contributed by atoms with Crippen molar-refractivity contribution in [2.24, 2.45) is 5.73 Å². The maximum atomic E-state index is 11.6. The predicted octanol–water partition coefficient (Wildman–Crippen LogP) is 0.441. The number of thiophene rings is 1. The van der Waals surface area contributed by atoms with Gasteiger partial charge in [0.05, 0.1) is 11.3 Å². The van der Waals surface area contributed by atoms with Crippen molar-refractivity contribution in [3.05, 3.63) is 10.4 Å². The second-order valence-corrected chi connectivity index (χ2v) is 5.80. The summed E-state index contributed by atoms with van der Waals surface area (Å²) >= 11 is 1.25. The van der Waals surface area contributed by atoms with Crippen LogP contribution in [0.2, 0.25) is 0 Å². The Bertz CT molecular complexity index is 547. The second-order valence-electron chi connectivity index (χ2n) is 4.81. The lowest BCUT2D eigenvalue weighted by molar-refractivity contribution is 0.100. The summed E-state index contributed by atoms with van der Waals surface area (Å²) in [5.74, 6) is -0.573. The van der Waals surface area contributed by atoms with Gasteiger partial charge in [-0.1, -0.05) is 0 Å². The molecule has 1 unspecified atom stereocenters. The monoisotopic (exact) mass is 279 g/mol. The summed E-state index contributed by atoms with van der Waals surface area (Å²) in [4.78, 5) is 16.3. The number of hydrogen-bond acceptors (Lipinski definition) is 6. The van der Waals surface area contributed by atoms with Crippen molar-refractivity contribution in [3.63, 3.8) is 0 Å². The van der Waals surface area contributed by atoms with E-state index in [-0.39, 0.29) is 17.3 Å². The molecule has 0 aromatic carbocycles. The molecule has 1 aliphatic rings. The van der Waals surface area contributed by atoms with Crippen LogP contribution in [0.25, 0.3) is 0 Å². The van der Waals surface area contributed by atoms with Crippen molar-refractivity contribution >= 4 is 27.9 Å². The molecule has 1 saturated heterocycles. The van der Waals surface area contributed by atoms with Crippen LogP contribution in [0.4, 0.5) is 10.7 Å². The zero-order valence-electron chi connectivity index (χ0n) is 11.0. The fourth-order valence-electron chi connectivity index (χ4n) is 2.40. The molecule has 1 amide bonds. The van der Waals surface area contributed by atoms with Gasteiger partial charge >= 0.3 is 0 Å². The van der Waals surface area contributed by atoms with Gasteiger partial charge in [0.1, 0.15) is 15.9 Å². The van der Waals surface area contributed by atoms with E-state index >= 15 is 0 Å². The fraction of sp³-hybridized carbons (Fsp3) is 0.500. The van der Waals surface area contributed by atoms with Crippen LogP contribution in [-0.4, -0.2) is 43.5 Å². The Labute approximate surface area is 116 Å². The summed E-state index contributed by atoms with van der Waals surface area (Å²) in [5.41, 5.74) is 11.7. The van der Waals surface area contributed by atoms with Gasteiger partial charge < -0.3 is 21.3 Å². The third-order valence-electron chi connectivity index (χ3n) is 3.37. The molecule has 7 heteroatoms. The summed E-state index contributed by atoms with van der Waals surface area (Å²) in [5, 5.41) is 9.77. The molecule has 6 nitrogen and oxygen atoms in total. The average Bonchev–Trinajstić information content (AvgIpc) is 2.66. The molecule has 1 aliphatic heterocycles. The third-order valence-corrected chi connectivity index (χ3v) is 4.51. The molecule has 1 aromatic heterocycles. The summed E-state index contributed by atoms with van der Waals surface area (Å²) in [6.07, 6.45) is 0. The van der Waals surface area contributed by atoms with E-state index < -0.39 is 5.91 Å². The quantitative estimate of drug-likeness (QED) is 0.818. The minimum atomic E-state index is -0.573. The van der Waals surface area contributed by atoms with Gasteiger partial charge in [0, 0.05) is 25.7 Å². The number of amides is 1. The summed E-state index contributed by atoms with van der Waals surface area (Å²) in [7, 11) is 2.06. The standard InChI is InChI=1S/C12H17N5OS/c1-7-6-16(2)3-4-17(7)12-9(11(15)18)10(14)8(5-13)19-12/h7H,3-4,6,14H2,1-2H3,(H2,15,18). The number of nitriles is 1. The number of primary amides is 1. The first-order valence-electron chi connectivity index (χ1n) is 6.03. The van der Waals surface area contributed by atoms with Crippen LogP contribution in [-0.2, 0) is 0 Å². The van der Waals surface area contributed by atoms with E-state index in [0.717, 1.165) is 24.6 Å². The van der Waals surface area contributed by atoms with Crippen molar-refractivity contribution in [2.75, 3.05) is 37.3 Å². The number of carbonyl (C=O) groups excluding carboxylic acids is 1. The molecule has 102 valence electrons. The van der Waals surface area contributed by atoms with Crippen LogP contribution in [0, 0.1) is 11.3 Å². The van der Waals surface area contributed by atoms with Crippen LogP contribution in [0.5, 0.6) is 0 Å². The van der Waals surface area contributed by atoms with Crippen molar-refractivity contribution < 1.29 is 4.79 Å². The number of likely N-dealkylation sites (N-methyl/N-ethyl adjacent to an activating group) is 1. The molecule has 0 bridgehead atoms. The van der Waals surface area contributed by atoms with Crippen molar-refractivity contribution in [1.29, 1.82) is 5.26 Å². The summed E-state index contributed by atoms with van der Waals surface area (Å²) in [6, 6.07) is 2.27. The van der Waals surface area contributed by atoms with Crippen LogP contribution in [0.3, 0.4) is 0 Å². The normalized spacial score (nSPS) is 20.3. The maximum Gasteiger partial charge on any atom is 0.253 e. The number of hydrogen-bond donors (Lipinski definition) is 2. The Morgan fingerprint density at radius 3 is 2.74 bits per heavy atom. The number of nitrogens with two attached hydrogens (primary N) is 2.